The van der Waals surface area contributed by atoms with Gasteiger partial charge >= 0.3 is 50.1 Å². The van der Waals surface area contributed by atoms with E-state index in [0.717, 1.165) is 0 Å². The summed E-state index contributed by atoms with van der Waals surface area (Å²) in [5, 5.41) is 0. The van der Waals surface area contributed by atoms with Crippen LogP contribution in [0.3, 0.4) is 0 Å². The molecular formula is H7BiSnVZn. The van der Waals surface area contributed by atoms with E-state index in [4.69, 9.17) is 0 Å². The van der Waals surface area contributed by atoms with Crippen molar-refractivity contribution in [1.29, 1.82) is 0 Å². The predicted octanol–water partition coefficient (Wildman–Crippen LogP) is -2.64. The molecule has 0 saturated heterocycles. The van der Waals surface area contributed by atoms with Crippen LogP contribution in [-0.4, -0.2) is 50.1 Å². The van der Waals surface area contributed by atoms with Crippen LogP contribution in [-0.2, 0) is 38.0 Å². The first-order valence-electron chi connectivity index (χ1n) is 0. The van der Waals surface area contributed by atoms with Gasteiger partial charge in [-0.2, -0.15) is 0 Å². The van der Waals surface area contributed by atoms with Crippen molar-refractivity contribution < 1.29 is 38.0 Å². The van der Waals surface area contributed by atoms with Gasteiger partial charge < -0.3 is 0 Å². The Balaban J connectivity index is 0. The van der Waals surface area contributed by atoms with Crippen molar-refractivity contribution in [1.82, 2.24) is 0 Å². The molecule has 0 heterocycles. The molecule has 0 bridgehead atoms. The SMILES string of the molecule is [BiH3].[SnH4].[V].[Zn]. The van der Waals surface area contributed by atoms with E-state index in [2.05, 4.69) is 0 Å². The normalized spacial score (nSPS) is 0. The van der Waals surface area contributed by atoms with E-state index in [-0.39, 0.29) is 88.1 Å². The molecule has 0 saturated carbocycles. The Kier molecular flexibility index (Phi) is 121. The van der Waals surface area contributed by atoms with Crippen LogP contribution < -0.4 is 0 Å². The average molecular weight is 451 g/mol. The Morgan fingerprint density at radius 1 is 1.00 bits per heavy atom. The van der Waals surface area contributed by atoms with Gasteiger partial charge in [0.1, 0.15) is 0 Å². The zero-order valence-corrected chi connectivity index (χ0v) is 11.7. The predicted molar refractivity (Wildman–Crippen MR) is 21.3 cm³/mol. The Labute approximate surface area is 86.6 Å². The zero-order chi connectivity index (χ0) is 0. The standard InChI is InChI=1S/Bi.Sn.V.Zn.7H. The molecule has 0 aliphatic heterocycles. The van der Waals surface area contributed by atoms with E-state index in [1.54, 1.807) is 0 Å². The van der Waals surface area contributed by atoms with E-state index in [0.29, 0.717) is 0 Å². The summed E-state index contributed by atoms with van der Waals surface area (Å²) in [6.07, 6.45) is 0. The Bertz CT molecular complexity index is 8.00. The Morgan fingerprint density at radius 2 is 1.00 bits per heavy atom. The second-order valence-corrected chi connectivity index (χ2v) is 0. The van der Waals surface area contributed by atoms with Crippen LogP contribution in [0.25, 0.3) is 0 Å². The van der Waals surface area contributed by atoms with E-state index >= 15 is 0 Å². The van der Waals surface area contributed by atoms with Gasteiger partial charge in [0.25, 0.3) is 0 Å². The van der Waals surface area contributed by atoms with Crippen LogP contribution in [0.2, 0.25) is 0 Å². The number of hydrogen-bond donors (Lipinski definition) is 0. The maximum Gasteiger partial charge on any atom is 0 e. The molecular weight excluding hydrogens is 444 g/mol. The minimum absolute atomic E-state index is 0. The molecule has 0 aromatic carbocycles. The zero-order valence-electron chi connectivity index (χ0n) is 1.86. The largest absolute Gasteiger partial charge is 0 e. The summed E-state index contributed by atoms with van der Waals surface area (Å²) in [5.74, 6) is 0. The Hall–Kier alpha value is 2.89. The van der Waals surface area contributed by atoms with Gasteiger partial charge in [-0.05, 0) is 0 Å². The molecule has 4 heteroatoms. The molecule has 0 unspecified atom stereocenters. The fourth-order valence-corrected chi connectivity index (χ4v) is 0. The maximum atomic E-state index is 0. The summed E-state index contributed by atoms with van der Waals surface area (Å²) in [7, 11) is 0. The smallest absolute Gasteiger partial charge is 0 e. The average Bonchev–Trinajstić information content (AvgIpc) is 0. The van der Waals surface area contributed by atoms with Crippen LogP contribution in [0.4, 0.5) is 0 Å². The minimum atomic E-state index is 0. The van der Waals surface area contributed by atoms with Crippen molar-refractivity contribution in [3.05, 3.63) is 0 Å². The van der Waals surface area contributed by atoms with Gasteiger partial charge in [-0.3, -0.25) is 0 Å². The van der Waals surface area contributed by atoms with Gasteiger partial charge in [0.2, 0.25) is 0 Å². The molecule has 0 nitrogen and oxygen atoms in total. The first-order chi connectivity index (χ1) is 0. The van der Waals surface area contributed by atoms with Crippen molar-refractivity contribution in [3.63, 3.8) is 0 Å². The van der Waals surface area contributed by atoms with Crippen LogP contribution >= 0.6 is 0 Å². The van der Waals surface area contributed by atoms with E-state index in [1.807, 2.05) is 0 Å². The van der Waals surface area contributed by atoms with Gasteiger partial charge in [0.05, 0.1) is 0 Å². The molecule has 23 valence electrons. The fraction of sp³-hybridized carbons (Fsp3) is 0. The molecule has 0 atom stereocenters. The summed E-state index contributed by atoms with van der Waals surface area (Å²) in [5.41, 5.74) is 0. The molecule has 1 radical (unpaired) electrons. The first-order valence-corrected chi connectivity index (χ1v) is 0. The van der Waals surface area contributed by atoms with Gasteiger partial charge in [-0.15, -0.1) is 0 Å². The number of hydrogen-bond acceptors (Lipinski definition) is 0. The summed E-state index contributed by atoms with van der Waals surface area (Å²) < 4.78 is 0. The van der Waals surface area contributed by atoms with E-state index in [9.17, 15) is 0 Å². The molecule has 0 aliphatic rings. The van der Waals surface area contributed by atoms with Gasteiger partial charge in [0, 0.05) is 38.0 Å². The van der Waals surface area contributed by atoms with Crippen molar-refractivity contribution in [2.45, 2.75) is 0 Å². The minimum Gasteiger partial charge on any atom is 0 e. The first kappa shape index (κ1) is 28.6. The molecule has 0 aromatic rings. The second kappa shape index (κ2) is 16.9. The Morgan fingerprint density at radius 3 is 1.00 bits per heavy atom. The number of rotatable bonds is 0. The summed E-state index contributed by atoms with van der Waals surface area (Å²) in [6.45, 7) is 0. The quantitative estimate of drug-likeness (QED) is 0.354. The molecule has 0 fully saturated rings. The molecule has 0 aromatic heterocycles. The van der Waals surface area contributed by atoms with Crippen molar-refractivity contribution >= 4 is 50.1 Å². The van der Waals surface area contributed by atoms with Crippen LogP contribution in [0, 0.1) is 0 Å². The molecule has 0 amide bonds. The third-order valence-corrected chi connectivity index (χ3v) is 0. The third-order valence-electron chi connectivity index (χ3n) is 0. The molecule has 0 rings (SSSR count). The monoisotopic (exact) mass is 451 g/mol. The summed E-state index contributed by atoms with van der Waals surface area (Å²) in [4.78, 5) is 0. The van der Waals surface area contributed by atoms with Crippen molar-refractivity contribution in [2.24, 2.45) is 0 Å². The topological polar surface area (TPSA) is 0 Å². The summed E-state index contributed by atoms with van der Waals surface area (Å²) in [6, 6.07) is 0. The fourth-order valence-electron chi connectivity index (χ4n) is 0. The summed E-state index contributed by atoms with van der Waals surface area (Å²) >= 11 is 0. The van der Waals surface area contributed by atoms with Crippen LogP contribution in [0.5, 0.6) is 0 Å². The second-order valence-electron chi connectivity index (χ2n) is 0. The van der Waals surface area contributed by atoms with Gasteiger partial charge in [0.15, 0.2) is 0 Å². The van der Waals surface area contributed by atoms with E-state index in [1.165, 1.54) is 0 Å². The molecule has 0 aliphatic carbocycles. The van der Waals surface area contributed by atoms with Crippen molar-refractivity contribution in [2.75, 3.05) is 0 Å². The molecule has 0 spiro atoms. The molecule has 0 N–H and O–H groups in total. The van der Waals surface area contributed by atoms with Gasteiger partial charge in [-0.25, -0.2) is 0 Å². The maximum absolute atomic E-state index is 0. The van der Waals surface area contributed by atoms with Crippen LogP contribution in [0.1, 0.15) is 0 Å². The molecule has 4 heavy (non-hydrogen) atoms. The van der Waals surface area contributed by atoms with Gasteiger partial charge in [-0.1, -0.05) is 0 Å². The van der Waals surface area contributed by atoms with E-state index < -0.39 is 0 Å². The third kappa shape index (κ3) is 8.86. The van der Waals surface area contributed by atoms with Crippen LogP contribution in [0.15, 0.2) is 0 Å². The van der Waals surface area contributed by atoms with Crippen molar-refractivity contribution in [3.8, 4) is 0 Å².